The van der Waals surface area contributed by atoms with Crippen LogP contribution in [0.3, 0.4) is 0 Å². The average Bonchev–Trinajstić information content (AvgIpc) is 2.14. The fraction of sp³-hybridized carbons (Fsp3) is 0.222. The monoisotopic (exact) mass is 248 g/mol. The van der Waals surface area contributed by atoms with Crippen LogP contribution in [0.2, 0.25) is 0 Å². The first-order valence-electron chi connectivity index (χ1n) is 4.13. The van der Waals surface area contributed by atoms with Crippen molar-refractivity contribution in [2.75, 3.05) is 6.26 Å². The van der Waals surface area contributed by atoms with Gasteiger partial charge in [-0.25, -0.2) is 17.6 Å². The van der Waals surface area contributed by atoms with Crippen molar-refractivity contribution in [2.24, 2.45) is 0 Å². The molecule has 0 heterocycles. The van der Waals surface area contributed by atoms with Crippen molar-refractivity contribution in [3.63, 3.8) is 0 Å². The summed E-state index contributed by atoms with van der Waals surface area (Å²) in [7, 11) is -3.65. The molecule has 0 fully saturated rings. The van der Waals surface area contributed by atoms with Crippen molar-refractivity contribution in [3.8, 4) is 0 Å². The Morgan fingerprint density at radius 1 is 1.38 bits per heavy atom. The number of aliphatic hydroxyl groups is 1. The molecule has 1 aromatic rings. The van der Waals surface area contributed by atoms with Crippen LogP contribution in [0.5, 0.6) is 0 Å². The molecular weight excluding hydrogens is 239 g/mol. The van der Waals surface area contributed by atoms with Crippen LogP contribution in [0, 0.1) is 5.82 Å². The third kappa shape index (κ3) is 2.77. The van der Waals surface area contributed by atoms with Gasteiger partial charge in [-0.3, -0.25) is 0 Å². The van der Waals surface area contributed by atoms with E-state index in [0.717, 1.165) is 24.5 Å². The van der Waals surface area contributed by atoms with E-state index in [4.69, 9.17) is 10.2 Å². The van der Waals surface area contributed by atoms with Crippen molar-refractivity contribution < 1.29 is 27.8 Å². The Kier molecular flexibility index (Phi) is 3.30. The van der Waals surface area contributed by atoms with Gasteiger partial charge in [-0.2, -0.15) is 0 Å². The van der Waals surface area contributed by atoms with E-state index >= 15 is 0 Å². The molecule has 0 saturated heterocycles. The fourth-order valence-corrected chi connectivity index (χ4v) is 1.78. The van der Waals surface area contributed by atoms with E-state index in [1.165, 1.54) is 0 Å². The second kappa shape index (κ2) is 4.18. The standard InChI is InChI=1S/C9H9FO5S/c1-16(14,15)7-3-5(2-6(10)4-7)8(11)9(12)13/h2-4,8,11H,1H3,(H,12,13). The number of benzene rings is 1. The zero-order valence-electron chi connectivity index (χ0n) is 8.21. The predicted octanol–water partition coefficient (Wildman–Crippen LogP) is 0.347. The van der Waals surface area contributed by atoms with Gasteiger partial charge in [0, 0.05) is 6.26 Å². The van der Waals surface area contributed by atoms with Crippen LogP contribution in [-0.2, 0) is 14.6 Å². The molecule has 0 aliphatic heterocycles. The lowest BCUT2D eigenvalue weighted by Gasteiger charge is -2.07. The lowest BCUT2D eigenvalue weighted by molar-refractivity contribution is -0.146. The summed E-state index contributed by atoms with van der Waals surface area (Å²) < 4.78 is 35.3. The fourth-order valence-electron chi connectivity index (χ4n) is 1.10. The number of aliphatic hydroxyl groups excluding tert-OH is 1. The molecule has 2 N–H and O–H groups in total. The first kappa shape index (κ1) is 12.6. The largest absolute Gasteiger partial charge is 0.479 e. The van der Waals surface area contributed by atoms with Crippen molar-refractivity contribution in [2.45, 2.75) is 11.0 Å². The summed E-state index contributed by atoms with van der Waals surface area (Å²) in [5, 5.41) is 17.6. The maximum Gasteiger partial charge on any atom is 0.337 e. The molecule has 0 spiro atoms. The maximum absolute atomic E-state index is 13.0. The van der Waals surface area contributed by atoms with Crippen molar-refractivity contribution >= 4 is 15.8 Å². The number of carbonyl (C=O) groups is 1. The highest BCUT2D eigenvalue weighted by Gasteiger charge is 2.19. The van der Waals surface area contributed by atoms with Gasteiger partial charge in [-0.15, -0.1) is 0 Å². The summed E-state index contributed by atoms with van der Waals surface area (Å²) in [6.07, 6.45) is -1.09. The molecule has 0 amide bonds. The van der Waals surface area contributed by atoms with E-state index < -0.39 is 27.7 Å². The molecule has 0 radical (unpaired) electrons. The quantitative estimate of drug-likeness (QED) is 0.805. The molecule has 1 rings (SSSR count). The molecule has 0 aromatic heterocycles. The molecule has 0 aliphatic carbocycles. The van der Waals surface area contributed by atoms with Gasteiger partial charge in [0.25, 0.3) is 0 Å². The van der Waals surface area contributed by atoms with Crippen molar-refractivity contribution in [1.82, 2.24) is 0 Å². The van der Waals surface area contributed by atoms with Gasteiger partial charge in [-0.1, -0.05) is 0 Å². The van der Waals surface area contributed by atoms with Gasteiger partial charge >= 0.3 is 5.97 Å². The molecule has 88 valence electrons. The Balaban J connectivity index is 3.34. The minimum absolute atomic E-state index is 0.312. The Labute approximate surface area is 91.1 Å². The second-order valence-electron chi connectivity index (χ2n) is 3.23. The Morgan fingerprint density at radius 3 is 2.38 bits per heavy atom. The highest BCUT2D eigenvalue weighted by atomic mass is 32.2. The number of aliphatic carboxylic acids is 1. The van der Waals surface area contributed by atoms with Gasteiger partial charge in [-0.05, 0) is 23.8 Å². The van der Waals surface area contributed by atoms with Crippen LogP contribution in [0.4, 0.5) is 4.39 Å². The van der Waals surface area contributed by atoms with Crippen LogP contribution in [0.1, 0.15) is 11.7 Å². The molecule has 0 saturated carbocycles. The number of halogens is 1. The predicted molar refractivity (Wildman–Crippen MR) is 52.1 cm³/mol. The first-order chi connectivity index (χ1) is 7.21. The summed E-state index contributed by atoms with van der Waals surface area (Å²) in [6, 6.07) is 2.46. The summed E-state index contributed by atoms with van der Waals surface area (Å²) in [5.74, 6) is -2.50. The highest BCUT2D eigenvalue weighted by molar-refractivity contribution is 7.90. The zero-order valence-corrected chi connectivity index (χ0v) is 9.03. The van der Waals surface area contributed by atoms with Gasteiger partial charge < -0.3 is 10.2 Å². The van der Waals surface area contributed by atoms with Crippen molar-refractivity contribution in [3.05, 3.63) is 29.6 Å². The molecule has 1 aromatic carbocycles. The Hall–Kier alpha value is -1.47. The van der Waals surface area contributed by atoms with Crippen LogP contribution in [0.25, 0.3) is 0 Å². The number of carboxylic acids is 1. The molecule has 1 atom stereocenters. The Bertz CT molecular complexity index is 523. The van der Waals surface area contributed by atoms with Crippen molar-refractivity contribution in [1.29, 1.82) is 0 Å². The minimum atomic E-state index is -3.65. The maximum atomic E-state index is 13.0. The molecule has 1 unspecified atom stereocenters. The van der Waals surface area contributed by atoms with Gasteiger partial charge in [0.15, 0.2) is 15.9 Å². The third-order valence-corrected chi connectivity index (χ3v) is 2.96. The van der Waals surface area contributed by atoms with E-state index in [0.29, 0.717) is 0 Å². The summed E-state index contributed by atoms with van der Waals surface area (Å²) in [4.78, 5) is 10.1. The van der Waals surface area contributed by atoms with Gasteiger partial charge in [0.1, 0.15) is 5.82 Å². The van der Waals surface area contributed by atoms with Crippen LogP contribution in [-0.4, -0.2) is 30.9 Å². The van der Waals surface area contributed by atoms with Crippen LogP contribution in [0.15, 0.2) is 23.1 Å². The lowest BCUT2D eigenvalue weighted by atomic mass is 10.1. The summed E-state index contributed by atoms with van der Waals surface area (Å²) >= 11 is 0. The number of sulfone groups is 1. The molecule has 16 heavy (non-hydrogen) atoms. The van der Waals surface area contributed by atoms with E-state index in [1.54, 1.807) is 0 Å². The zero-order chi connectivity index (χ0) is 12.5. The third-order valence-electron chi connectivity index (χ3n) is 1.87. The minimum Gasteiger partial charge on any atom is -0.479 e. The number of hydrogen-bond acceptors (Lipinski definition) is 4. The van der Waals surface area contributed by atoms with Gasteiger partial charge in [0.05, 0.1) is 4.90 Å². The smallest absolute Gasteiger partial charge is 0.337 e. The van der Waals surface area contributed by atoms with E-state index in [1.807, 2.05) is 0 Å². The molecule has 0 aliphatic rings. The average molecular weight is 248 g/mol. The summed E-state index contributed by atoms with van der Waals surface area (Å²) in [6.45, 7) is 0. The molecule has 0 bridgehead atoms. The van der Waals surface area contributed by atoms with Crippen LogP contribution >= 0.6 is 0 Å². The summed E-state index contributed by atoms with van der Waals surface area (Å²) in [5.41, 5.74) is -0.312. The van der Waals surface area contributed by atoms with E-state index in [9.17, 15) is 17.6 Å². The molecule has 5 nitrogen and oxygen atoms in total. The molecular formula is C9H9FO5S. The lowest BCUT2D eigenvalue weighted by Crippen LogP contribution is -2.11. The normalized spacial score (nSPS) is 13.4. The van der Waals surface area contributed by atoms with E-state index in [2.05, 4.69) is 0 Å². The first-order valence-corrected chi connectivity index (χ1v) is 6.02. The second-order valence-corrected chi connectivity index (χ2v) is 5.25. The van der Waals surface area contributed by atoms with Crippen LogP contribution < -0.4 is 0 Å². The highest BCUT2D eigenvalue weighted by Crippen LogP contribution is 2.20. The number of rotatable bonds is 3. The van der Waals surface area contributed by atoms with E-state index in [-0.39, 0.29) is 10.5 Å². The topological polar surface area (TPSA) is 91.7 Å². The van der Waals surface area contributed by atoms with Gasteiger partial charge in [0.2, 0.25) is 0 Å². The Morgan fingerprint density at radius 2 is 1.94 bits per heavy atom. The molecule has 7 heteroatoms. The SMILES string of the molecule is CS(=O)(=O)c1cc(F)cc(C(O)C(=O)O)c1. The number of hydrogen-bond donors (Lipinski definition) is 2. The number of carboxylic acid groups (broad SMARTS) is 1.